The highest BCUT2D eigenvalue weighted by Gasteiger charge is 2.42. The number of hydrogen-bond donors (Lipinski definition) is 1. The first kappa shape index (κ1) is 25.5. The van der Waals surface area contributed by atoms with Gasteiger partial charge in [0.05, 0.1) is 29.4 Å². The Hall–Kier alpha value is -2.59. The predicted molar refractivity (Wildman–Crippen MR) is 122 cm³/mol. The van der Waals surface area contributed by atoms with Crippen molar-refractivity contribution in [3.8, 4) is 5.75 Å². The Bertz CT molecular complexity index is 1160. The van der Waals surface area contributed by atoms with Crippen LogP contribution in [-0.4, -0.2) is 45.3 Å². The molecule has 2 aromatic rings. The van der Waals surface area contributed by atoms with Gasteiger partial charge in [0.2, 0.25) is 0 Å². The first-order valence-corrected chi connectivity index (χ1v) is 11.8. The monoisotopic (exact) mass is 495 g/mol. The normalized spacial score (nSPS) is 20.3. The topological polar surface area (TPSA) is 78.0 Å². The molecule has 1 aliphatic heterocycles. The summed E-state index contributed by atoms with van der Waals surface area (Å²) in [7, 11) is 1.90. The molecular formula is C25H32F3N3O4. The number of carbonyl (C=O) groups is 1. The highest BCUT2D eigenvalue weighted by atomic mass is 19.4. The highest BCUT2D eigenvalue weighted by molar-refractivity contribution is 5.97. The molecule has 0 spiro atoms. The Labute approximate surface area is 202 Å². The van der Waals surface area contributed by atoms with Crippen LogP contribution in [0.15, 0.2) is 29.3 Å². The summed E-state index contributed by atoms with van der Waals surface area (Å²) in [6, 6.07) is 4.54. The molecule has 0 bridgehead atoms. The van der Waals surface area contributed by atoms with Crippen LogP contribution >= 0.6 is 0 Å². The van der Waals surface area contributed by atoms with E-state index >= 15 is 0 Å². The molecular weight excluding hydrogens is 463 g/mol. The van der Waals surface area contributed by atoms with E-state index in [0.717, 1.165) is 49.6 Å². The van der Waals surface area contributed by atoms with Crippen LogP contribution < -0.4 is 10.2 Å². The minimum Gasteiger partial charge on any atom is -0.490 e. The van der Waals surface area contributed by atoms with Crippen molar-refractivity contribution in [2.75, 3.05) is 13.2 Å². The van der Waals surface area contributed by atoms with Gasteiger partial charge in [0.1, 0.15) is 12.4 Å². The summed E-state index contributed by atoms with van der Waals surface area (Å²) in [6.07, 6.45) is -0.777. The van der Waals surface area contributed by atoms with Crippen molar-refractivity contribution in [3.63, 3.8) is 0 Å². The molecule has 1 atom stereocenters. The molecule has 7 nitrogen and oxygen atoms in total. The molecule has 4 rings (SSSR count). The first-order chi connectivity index (χ1) is 16.3. The molecule has 1 amide bonds. The second kappa shape index (κ2) is 9.13. The Morgan fingerprint density at radius 3 is 2.57 bits per heavy atom. The lowest BCUT2D eigenvalue weighted by Crippen LogP contribution is -2.30. The summed E-state index contributed by atoms with van der Waals surface area (Å²) in [6.45, 7) is 6.11. The Morgan fingerprint density at radius 2 is 2.00 bits per heavy atom. The zero-order chi connectivity index (χ0) is 25.6. The number of ether oxygens (including phenoxy) is 2. The molecule has 2 heterocycles. The van der Waals surface area contributed by atoms with Gasteiger partial charge >= 0.3 is 6.18 Å². The number of nitrogens with zero attached hydrogens (tertiary/aromatic N) is 3. The number of rotatable bonds is 7. The second-order valence-corrected chi connectivity index (χ2v) is 10.4. The summed E-state index contributed by atoms with van der Waals surface area (Å²) in [5, 5.41) is 9.98. The standard InChI is InChI=1S/C25H32F3N3O4/c1-23(2,33)15-35-19-8-7-16(25(26,27)28)12-18(19)22(32)29-21-13-20(24(3)9-10-24)30(4)31(21)14-17-6-5-11-34-17/h7-8,12-13,17,33H,5-6,9-11,14-15H2,1-4H3/b29-21+. The van der Waals surface area contributed by atoms with E-state index in [4.69, 9.17) is 9.47 Å². The van der Waals surface area contributed by atoms with Gasteiger partial charge < -0.3 is 14.6 Å². The first-order valence-electron chi connectivity index (χ1n) is 11.8. The fourth-order valence-corrected chi connectivity index (χ4v) is 4.29. The van der Waals surface area contributed by atoms with Crippen LogP contribution in [0.2, 0.25) is 0 Å². The number of aromatic nitrogens is 2. The van der Waals surface area contributed by atoms with Gasteiger partial charge in [0.15, 0.2) is 5.49 Å². The SMILES string of the molecule is Cn1c(C2(C)CC2)c/c(=N\C(=O)c2cc(C(F)(F)F)ccc2OCC(C)(C)O)n1CC1CCCO1. The molecule has 35 heavy (non-hydrogen) atoms. The Balaban J connectivity index is 1.77. The largest absolute Gasteiger partial charge is 0.490 e. The van der Waals surface area contributed by atoms with E-state index in [-0.39, 0.29) is 29.4 Å². The van der Waals surface area contributed by atoms with Gasteiger partial charge in [-0.25, -0.2) is 0 Å². The van der Waals surface area contributed by atoms with Crippen molar-refractivity contribution in [2.24, 2.45) is 12.0 Å². The van der Waals surface area contributed by atoms with E-state index in [1.165, 1.54) is 13.8 Å². The molecule has 1 aliphatic carbocycles. The van der Waals surface area contributed by atoms with Gasteiger partial charge in [-0.15, -0.1) is 0 Å². The molecule has 1 unspecified atom stereocenters. The van der Waals surface area contributed by atoms with Crippen molar-refractivity contribution < 1.29 is 32.5 Å². The molecule has 1 aromatic carbocycles. The number of amides is 1. The second-order valence-electron chi connectivity index (χ2n) is 10.4. The van der Waals surface area contributed by atoms with Crippen LogP contribution in [0, 0.1) is 0 Å². The minimum absolute atomic E-state index is 0.0129. The van der Waals surface area contributed by atoms with Crippen LogP contribution in [0.4, 0.5) is 13.2 Å². The third-order valence-corrected chi connectivity index (χ3v) is 6.59. The maximum atomic E-state index is 13.4. The lowest BCUT2D eigenvalue weighted by Gasteiger charge is -2.19. The molecule has 1 aromatic heterocycles. The summed E-state index contributed by atoms with van der Waals surface area (Å²) >= 11 is 0. The molecule has 2 fully saturated rings. The third-order valence-electron chi connectivity index (χ3n) is 6.59. The average molecular weight is 496 g/mol. The van der Waals surface area contributed by atoms with E-state index in [2.05, 4.69) is 11.9 Å². The number of hydrogen-bond acceptors (Lipinski definition) is 4. The molecule has 1 N–H and O–H groups in total. The smallest absolute Gasteiger partial charge is 0.416 e. The van der Waals surface area contributed by atoms with Crippen LogP contribution in [-0.2, 0) is 29.9 Å². The Kier molecular flexibility index (Phi) is 6.65. The third kappa shape index (κ3) is 5.81. The number of carbonyl (C=O) groups excluding carboxylic acids is 1. The molecule has 10 heteroatoms. The zero-order valence-electron chi connectivity index (χ0n) is 20.5. The van der Waals surface area contributed by atoms with Crippen LogP contribution in [0.25, 0.3) is 0 Å². The van der Waals surface area contributed by atoms with Gasteiger partial charge in [-0.05, 0) is 57.7 Å². The minimum atomic E-state index is -4.63. The maximum absolute atomic E-state index is 13.4. The van der Waals surface area contributed by atoms with Crippen LogP contribution in [0.5, 0.6) is 5.75 Å². The van der Waals surface area contributed by atoms with Gasteiger partial charge in [0.25, 0.3) is 5.91 Å². The van der Waals surface area contributed by atoms with Crippen LogP contribution in [0.3, 0.4) is 0 Å². The lowest BCUT2D eigenvalue weighted by molar-refractivity contribution is -0.137. The predicted octanol–water partition coefficient (Wildman–Crippen LogP) is 3.97. The fourth-order valence-electron chi connectivity index (χ4n) is 4.29. The van der Waals surface area contributed by atoms with Crippen molar-refractivity contribution in [3.05, 3.63) is 46.6 Å². The summed E-state index contributed by atoms with van der Waals surface area (Å²) in [4.78, 5) is 17.5. The van der Waals surface area contributed by atoms with E-state index in [1.807, 2.05) is 22.5 Å². The zero-order valence-corrected chi connectivity index (χ0v) is 20.5. The van der Waals surface area contributed by atoms with E-state index < -0.39 is 23.2 Å². The molecule has 1 saturated heterocycles. The molecule has 1 saturated carbocycles. The van der Waals surface area contributed by atoms with Gasteiger partial charge in [-0.2, -0.15) is 18.2 Å². The van der Waals surface area contributed by atoms with Gasteiger partial charge in [-0.1, -0.05) is 6.92 Å². The van der Waals surface area contributed by atoms with Crippen molar-refractivity contribution in [1.29, 1.82) is 0 Å². The highest BCUT2D eigenvalue weighted by Crippen LogP contribution is 2.47. The molecule has 0 radical (unpaired) electrons. The number of alkyl halides is 3. The summed E-state index contributed by atoms with van der Waals surface area (Å²) < 4.78 is 55.4. The van der Waals surface area contributed by atoms with E-state index in [0.29, 0.717) is 18.6 Å². The van der Waals surface area contributed by atoms with Crippen molar-refractivity contribution in [2.45, 2.75) is 76.3 Å². The Morgan fingerprint density at radius 1 is 1.29 bits per heavy atom. The van der Waals surface area contributed by atoms with Crippen molar-refractivity contribution in [1.82, 2.24) is 9.36 Å². The number of benzene rings is 1. The molecule has 192 valence electrons. The van der Waals surface area contributed by atoms with Crippen LogP contribution in [0.1, 0.15) is 68.1 Å². The lowest BCUT2D eigenvalue weighted by atomic mass is 10.1. The maximum Gasteiger partial charge on any atom is 0.416 e. The van der Waals surface area contributed by atoms with E-state index in [1.54, 1.807) is 0 Å². The average Bonchev–Trinajstić information content (AvgIpc) is 3.16. The quantitative estimate of drug-likeness (QED) is 0.631. The number of aliphatic hydroxyl groups is 1. The summed E-state index contributed by atoms with van der Waals surface area (Å²) in [5.41, 5.74) is -1.15. The summed E-state index contributed by atoms with van der Waals surface area (Å²) in [5.74, 6) is -0.911. The fraction of sp³-hybridized carbons (Fsp3) is 0.600. The molecule has 2 aliphatic rings. The van der Waals surface area contributed by atoms with Gasteiger partial charge in [0, 0.05) is 30.8 Å². The van der Waals surface area contributed by atoms with E-state index in [9.17, 15) is 23.1 Å². The number of halogens is 3. The van der Waals surface area contributed by atoms with Gasteiger partial charge in [-0.3, -0.25) is 14.2 Å². The van der Waals surface area contributed by atoms with Crippen molar-refractivity contribution >= 4 is 5.91 Å².